The molecule has 0 spiro atoms. The van der Waals surface area contributed by atoms with Gasteiger partial charge in [-0.25, -0.2) is 0 Å². The van der Waals surface area contributed by atoms with Crippen LogP contribution in [0.25, 0.3) is 0 Å². The van der Waals surface area contributed by atoms with E-state index in [0.29, 0.717) is 6.04 Å². The van der Waals surface area contributed by atoms with E-state index in [0.717, 1.165) is 11.6 Å². The van der Waals surface area contributed by atoms with Gasteiger partial charge in [0.1, 0.15) is 0 Å². The SMILES string of the molecule is CC(N)C(N(C)Cc1cccc(Cl)c1)C(C)(C)C. The zero-order valence-electron chi connectivity index (χ0n) is 12.1. The third kappa shape index (κ3) is 4.27. The van der Waals surface area contributed by atoms with Gasteiger partial charge >= 0.3 is 0 Å². The summed E-state index contributed by atoms with van der Waals surface area (Å²) < 4.78 is 0. The summed E-state index contributed by atoms with van der Waals surface area (Å²) >= 11 is 6.02. The molecule has 0 radical (unpaired) electrons. The Hall–Kier alpha value is -0.570. The van der Waals surface area contributed by atoms with E-state index in [9.17, 15) is 0 Å². The van der Waals surface area contributed by atoms with E-state index >= 15 is 0 Å². The minimum absolute atomic E-state index is 0.134. The summed E-state index contributed by atoms with van der Waals surface area (Å²) in [6, 6.07) is 8.47. The molecule has 0 heterocycles. The van der Waals surface area contributed by atoms with Crippen molar-refractivity contribution < 1.29 is 0 Å². The Bertz CT molecular complexity index is 382. The molecule has 102 valence electrons. The fourth-order valence-corrected chi connectivity index (χ4v) is 3.09. The third-order valence-corrected chi connectivity index (χ3v) is 3.42. The second-order valence-corrected chi connectivity index (χ2v) is 6.65. The van der Waals surface area contributed by atoms with Crippen LogP contribution in [0.15, 0.2) is 24.3 Å². The first-order valence-corrected chi connectivity index (χ1v) is 6.80. The van der Waals surface area contributed by atoms with Gasteiger partial charge in [0.25, 0.3) is 0 Å². The summed E-state index contributed by atoms with van der Waals surface area (Å²) in [5.74, 6) is 0. The van der Waals surface area contributed by atoms with Crippen molar-refractivity contribution in [3.05, 3.63) is 34.9 Å². The summed E-state index contributed by atoms with van der Waals surface area (Å²) in [5.41, 5.74) is 7.52. The fourth-order valence-electron chi connectivity index (χ4n) is 2.87. The van der Waals surface area contributed by atoms with Crippen LogP contribution >= 0.6 is 11.6 Å². The predicted octanol–water partition coefficient (Wildman–Crippen LogP) is 3.53. The topological polar surface area (TPSA) is 29.3 Å². The molecule has 3 heteroatoms. The number of nitrogens with zero attached hydrogens (tertiary/aromatic N) is 1. The first-order valence-electron chi connectivity index (χ1n) is 6.42. The van der Waals surface area contributed by atoms with Crippen LogP contribution < -0.4 is 5.73 Å². The van der Waals surface area contributed by atoms with Gasteiger partial charge in [-0.05, 0) is 37.1 Å². The molecule has 0 bridgehead atoms. The lowest BCUT2D eigenvalue weighted by atomic mass is 9.82. The molecule has 0 saturated carbocycles. The van der Waals surface area contributed by atoms with Crippen LogP contribution in [0.4, 0.5) is 0 Å². The standard InChI is InChI=1S/C15H25ClN2/c1-11(17)14(15(2,3)4)18(5)10-12-7-6-8-13(16)9-12/h6-9,11,14H,10,17H2,1-5H3. The van der Waals surface area contributed by atoms with Crippen molar-refractivity contribution in [1.82, 2.24) is 4.90 Å². The maximum absolute atomic E-state index is 6.14. The maximum Gasteiger partial charge on any atom is 0.0409 e. The first-order chi connectivity index (χ1) is 8.21. The van der Waals surface area contributed by atoms with Crippen LogP contribution in [0.2, 0.25) is 5.02 Å². The second kappa shape index (κ2) is 6.05. The molecule has 0 fully saturated rings. The van der Waals surface area contributed by atoms with Crippen molar-refractivity contribution in [3.63, 3.8) is 0 Å². The summed E-state index contributed by atoms with van der Waals surface area (Å²) in [6.07, 6.45) is 0. The highest BCUT2D eigenvalue weighted by Gasteiger charge is 2.31. The lowest BCUT2D eigenvalue weighted by molar-refractivity contribution is 0.100. The van der Waals surface area contributed by atoms with Crippen molar-refractivity contribution in [3.8, 4) is 0 Å². The molecular weight excluding hydrogens is 244 g/mol. The molecule has 0 aliphatic heterocycles. The van der Waals surface area contributed by atoms with E-state index < -0.39 is 0 Å². The molecule has 2 nitrogen and oxygen atoms in total. The number of hydrogen-bond acceptors (Lipinski definition) is 2. The van der Waals surface area contributed by atoms with Crippen LogP contribution in [0.3, 0.4) is 0 Å². The van der Waals surface area contributed by atoms with Crippen molar-refractivity contribution in [2.75, 3.05) is 7.05 Å². The predicted molar refractivity (Wildman–Crippen MR) is 79.8 cm³/mol. The number of likely N-dealkylation sites (N-methyl/N-ethyl adjacent to an activating group) is 1. The largest absolute Gasteiger partial charge is 0.327 e. The van der Waals surface area contributed by atoms with E-state index in [1.165, 1.54) is 5.56 Å². The molecule has 2 unspecified atom stereocenters. The molecule has 0 aliphatic rings. The average molecular weight is 269 g/mol. The minimum atomic E-state index is 0.134. The lowest BCUT2D eigenvalue weighted by Gasteiger charge is -2.40. The van der Waals surface area contributed by atoms with Crippen molar-refractivity contribution in [2.24, 2.45) is 11.1 Å². The third-order valence-electron chi connectivity index (χ3n) is 3.18. The van der Waals surface area contributed by atoms with Gasteiger partial charge in [-0.2, -0.15) is 0 Å². The molecule has 0 amide bonds. The van der Waals surface area contributed by atoms with Crippen molar-refractivity contribution in [2.45, 2.75) is 46.3 Å². The molecule has 2 atom stereocenters. The van der Waals surface area contributed by atoms with Gasteiger partial charge in [0.2, 0.25) is 0 Å². The highest BCUT2D eigenvalue weighted by Crippen LogP contribution is 2.27. The van der Waals surface area contributed by atoms with E-state index in [-0.39, 0.29) is 11.5 Å². The number of hydrogen-bond donors (Lipinski definition) is 1. The Morgan fingerprint density at radius 1 is 1.33 bits per heavy atom. The van der Waals surface area contributed by atoms with Crippen LogP contribution in [0.1, 0.15) is 33.3 Å². The molecule has 0 aromatic heterocycles. The van der Waals surface area contributed by atoms with E-state index in [1.807, 2.05) is 18.2 Å². The Labute approximate surface area is 116 Å². The summed E-state index contributed by atoms with van der Waals surface area (Å²) in [5, 5.41) is 0.786. The molecule has 18 heavy (non-hydrogen) atoms. The fraction of sp³-hybridized carbons (Fsp3) is 0.600. The number of rotatable bonds is 4. The Morgan fingerprint density at radius 2 is 1.94 bits per heavy atom. The van der Waals surface area contributed by atoms with Gasteiger partial charge in [0.05, 0.1) is 0 Å². The first kappa shape index (κ1) is 15.5. The van der Waals surface area contributed by atoms with Crippen LogP contribution in [-0.2, 0) is 6.54 Å². The van der Waals surface area contributed by atoms with Crippen molar-refractivity contribution in [1.29, 1.82) is 0 Å². The van der Waals surface area contributed by atoms with Gasteiger partial charge in [0, 0.05) is 23.7 Å². The van der Waals surface area contributed by atoms with Gasteiger partial charge < -0.3 is 5.73 Å². The van der Waals surface area contributed by atoms with Crippen LogP contribution in [0, 0.1) is 5.41 Å². The van der Waals surface area contributed by atoms with E-state index in [2.05, 4.69) is 45.7 Å². The van der Waals surface area contributed by atoms with Crippen LogP contribution in [0.5, 0.6) is 0 Å². The minimum Gasteiger partial charge on any atom is -0.327 e. The summed E-state index contributed by atoms with van der Waals surface area (Å²) in [4.78, 5) is 2.32. The monoisotopic (exact) mass is 268 g/mol. The van der Waals surface area contributed by atoms with Crippen molar-refractivity contribution >= 4 is 11.6 Å². The smallest absolute Gasteiger partial charge is 0.0409 e. The normalized spacial score (nSPS) is 15.8. The quantitative estimate of drug-likeness (QED) is 0.905. The zero-order chi connectivity index (χ0) is 13.9. The Morgan fingerprint density at radius 3 is 2.39 bits per heavy atom. The number of halogens is 1. The Kier molecular flexibility index (Phi) is 5.20. The molecule has 1 aromatic carbocycles. The van der Waals surface area contributed by atoms with E-state index in [4.69, 9.17) is 17.3 Å². The number of nitrogens with two attached hydrogens (primary N) is 1. The molecule has 0 saturated heterocycles. The zero-order valence-corrected chi connectivity index (χ0v) is 12.8. The highest BCUT2D eigenvalue weighted by molar-refractivity contribution is 6.30. The van der Waals surface area contributed by atoms with Crippen LogP contribution in [-0.4, -0.2) is 24.0 Å². The highest BCUT2D eigenvalue weighted by atomic mass is 35.5. The summed E-state index contributed by atoms with van der Waals surface area (Å²) in [6.45, 7) is 9.63. The Balaban J connectivity index is 2.82. The molecule has 1 aromatic rings. The van der Waals surface area contributed by atoms with Gasteiger partial charge in [-0.15, -0.1) is 0 Å². The maximum atomic E-state index is 6.14. The van der Waals surface area contributed by atoms with Gasteiger partial charge in [-0.3, -0.25) is 4.90 Å². The molecule has 2 N–H and O–H groups in total. The molecule has 1 rings (SSSR count). The number of benzene rings is 1. The molecular formula is C15H25ClN2. The summed E-state index contributed by atoms with van der Waals surface area (Å²) in [7, 11) is 2.13. The van der Waals surface area contributed by atoms with Gasteiger partial charge in [-0.1, -0.05) is 44.5 Å². The molecule has 0 aliphatic carbocycles. The van der Waals surface area contributed by atoms with E-state index in [1.54, 1.807) is 0 Å². The second-order valence-electron chi connectivity index (χ2n) is 6.22. The lowest BCUT2D eigenvalue weighted by Crippen LogP contribution is -2.51. The average Bonchev–Trinajstić information content (AvgIpc) is 2.13. The van der Waals surface area contributed by atoms with Gasteiger partial charge in [0.15, 0.2) is 0 Å².